The molecule has 0 radical (unpaired) electrons. The van der Waals surface area contributed by atoms with E-state index in [-0.39, 0.29) is 5.91 Å². The van der Waals surface area contributed by atoms with Crippen molar-refractivity contribution in [3.05, 3.63) is 54.1 Å². The highest BCUT2D eigenvalue weighted by atomic mass is 16.5. The summed E-state index contributed by atoms with van der Waals surface area (Å²) in [5.41, 5.74) is 3.40. The first-order chi connectivity index (χ1) is 13.2. The molecule has 0 aliphatic carbocycles. The van der Waals surface area contributed by atoms with E-state index in [1.807, 2.05) is 18.2 Å². The molecule has 2 unspecified atom stereocenters. The fourth-order valence-electron chi connectivity index (χ4n) is 4.49. The Balaban J connectivity index is 1.29. The molecule has 2 fully saturated rings. The van der Waals surface area contributed by atoms with E-state index >= 15 is 0 Å². The highest BCUT2D eigenvalue weighted by molar-refractivity contribution is 5.76. The van der Waals surface area contributed by atoms with Crippen molar-refractivity contribution in [2.24, 2.45) is 5.92 Å². The van der Waals surface area contributed by atoms with Crippen LogP contribution in [0, 0.1) is 5.92 Å². The number of piperidine rings is 1. The van der Waals surface area contributed by atoms with E-state index < -0.39 is 0 Å². The largest absolute Gasteiger partial charge is 0.497 e. The van der Waals surface area contributed by atoms with Crippen molar-refractivity contribution in [1.29, 1.82) is 0 Å². The average Bonchev–Trinajstić information content (AvgIpc) is 3.05. The fourth-order valence-corrected chi connectivity index (χ4v) is 4.49. The van der Waals surface area contributed by atoms with Crippen LogP contribution < -0.4 is 15.4 Å². The van der Waals surface area contributed by atoms with E-state index in [9.17, 15) is 4.79 Å². The standard InChI is InChI=1S/C23H28N2O2/c1-27-22-4-2-3-19(14-22)18-7-5-16(6-8-18)15-24-23(26)13-17-11-20-9-10-21(12-17)25-20/h2-8,14,17,20-21,25H,9-13,15H2,1H3,(H,24,26). The van der Waals surface area contributed by atoms with Gasteiger partial charge in [-0.1, -0.05) is 36.4 Å². The molecule has 27 heavy (non-hydrogen) atoms. The molecular formula is C23H28N2O2. The second-order valence-electron chi connectivity index (χ2n) is 7.89. The third-order valence-corrected chi connectivity index (χ3v) is 5.89. The van der Waals surface area contributed by atoms with E-state index in [0.29, 0.717) is 31.0 Å². The first kappa shape index (κ1) is 18.1. The summed E-state index contributed by atoms with van der Waals surface area (Å²) in [6.45, 7) is 0.592. The van der Waals surface area contributed by atoms with Gasteiger partial charge in [-0.2, -0.15) is 0 Å². The van der Waals surface area contributed by atoms with Crippen molar-refractivity contribution in [3.8, 4) is 16.9 Å². The van der Waals surface area contributed by atoms with Crippen molar-refractivity contribution < 1.29 is 9.53 Å². The zero-order chi connectivity index (χ0) is 18.6. The summed E-state index contributed by atoms with van der Waals surface area (Å²) in [7, 11) is 1.68. The summed E-state index contributed by atoms with van der Waals surface area (Å²) in [6, 6.07) is 17.7. The van der Waals surface area contributed by atoms with Crippen LogP contribution in [0.3, 0.4) is 0 Å². The van der Waals surface area contributed by atoms with Gasteiger partial charge in [-0.05, 0) is 60.4 Å². The Hall–Kier alpha value is -2.33. The topological polar surface area (TPSA) is 50.4 Å². The van der Waals surface area contributed by atoms with Crippen LogP contribution in [0.25, 0.3) is 11.1 Å². The number of fused-ring (bicyclic) bond motifs is 2. The number of rotatable bonds is 6. The van der Waals surface area contributed by atoms with Crippen molar-refractivity contribution in [1.82, 2.24) is 10.6 Å². The monoisotopic (exact) mass is 364 g/mol. The van der Waals surface area contributed by atoms with Gasteiger partial charge in [0.1, 0.15) is 5.75 Å². The van der Waals surface area contributed by atoms with Crippen LogP contribution in [0.1, 0.15) is 37.7 Å². The van der Waals surface area contributed by atoms with Gasteiger partial charge in [0.15, 0.2) is 0 Å². The lowest BCUT2D eigenvalue weighted by Crippen LogP contribution is -2.39. The summed E-state index contributed by atoms with van der Waals surface area (Å²) < 4.78 is 5.29. The molecule has 2 aromatic rings. The van der Waals surface area contributed by atoms with Crippen LogP contribution in [0.4, 0.5) is 0 Å². The van der Waals surface area contributed by atoms with Crippen molar-refractivity contribution in [2.45, 2.75) is 50.7 Å². The van der Waals surface area contributed by atoms with Gasteiger partial charge < -0.3 is 15.4 Å². The molecule has 2 aliphatic heterocycles. The van der Waals surface area contributed by atoms with Crippen LogP contribution in [-0.2, 0) is 11.3 Å². The maximum Gasteiger partial charge on any atom is 0.220 e. The van der Waals surface area contributed by atoms with E-state index in [1.54, 1.807) is 7.11 Å². The minimum absolute atomic E-state index is 0.179. The van der Waals surface area contributed by atoms with Gasteiger partial charge >= 0.3 is 0 Å². The van der Waals surface area contributed by atoms with E-state index in [1.165, 1.54) is 12.8 Å². The van der Waals surface area contributed by atoms with Gasteiger partial charge in [-0.15, -0.1) is 0 Å². The molecule has 2 saturated heterocycles. The quantitative estimate of drug-likeness (QED) is 0.817. The minimum Gasteiger partial charge on any atom is -0.497 e. The van der Waals surface area contributed by atoms with Crippen molar-refractivity contribution in [3.63, 3.8) is 0 Å². The Morgan fingerprint density at radius 2 is 1.81 bits per heavy atom. The van der Waals surface area contributed by atoms with Gasteiger partial charge in [0, 0.05) is 25.0 Å². The molecule has 2 bridgehead atoms. The maximum atomic E-state index is 12.3. The molecule has 2 aliphatic rings. The van der Waals surface area contributed by atoms with Crippen molar-refractivity contribution >= 4 is 5.91 Å². The summed E-state index contributed by atoms with van der Waals surface area (Å²) in [4.78, 5) is 12.3. The van der Waals surface area contributed by atoms with Crippen LogP contribution in [0.5, 0.6) is 5.75 Å². The summed E-state index contributed by atoms with van der Waals surface area (Å²) in [5, 5.41) is 6.73. The second-order valence-corrected chi connectivity index (χ2v) is 7.89. The Morgan fingerprint density at radius 1 is 1.07 bits per heavy atom. The zero-order valence-electron chi connectivity index (χ0n) is 15.9. The Bertz CT molecular complexity index is 775. The SMILES string of the molecule is COc1cccc(-c2ccc(CNC(=O)CC3CC4CCC(C3)N4)cc2)c1. The molecule has 4 heteroatoms. The Kier molecular flexibility index (Phi) is 5.44. The molecule has 0 aromatic heterocycles. The number of carbonyl (C=O) groups is 1. The predicted molar refractivity (Wildman–Crippen MR) is 108 cm³/mol. The van der Waals surface area contributed by atoms with E-state index in [2.05, 4.69) is 41.0 Å². The molecule has 2 N–H and O–H groups in total. The molecule has 0 saturated carbocycles. The molecule has 2 aromatic carbocycles. The number of methoxy groups -OCH3 is 1. The Labute approximate surface area is 161 Å². The smallest absolute Gasteiger partial charge is 0.220 e. The molecule has 0 spiro atoms. The summed E-state index contributed by atoms with van der Waals surface area (Å²) in [5.74, 6) is 1.58. The lowest BCUT2D eigenvalue weighted by Gasteiger charge is -2.28. The first-order valence-electron chi connectivity index (χ1n) is 9.95. The Morgan fingerprint density at radius 3 is 2.52 bits per heavy atom. The molecule has 2 heterocycles. The van der Waals surface area contributed by atoms with E-state index in [0.717, 1.165) is 35.3 Å². The van der Waals surface area contributed by atoms with Crippen LogP contribution in [0.15, 0.2) is 48.5 Å². The summed E-state index contributed by atoms with van der Waals surface area (Å²) >= 11 is 0. The molecule has 4 nitrogen and oxygen atoms in total. The molecule has 2 atom stereocenters. The van der Waals surface area contributed by atoms with Gasteiger partial charge in [0.2, 0.25) is 5.91 Å². The van der Waals surface area contributed by atoms with Gasteiger partial charge in [0.05, 0.1) is 7.11 Å². The van der Waals surface area contributed by atoms with E-state index in [4.69, 9.17) is 4.74 Å². The number of nitrogens with one attached hydrogen (secondary N) is 2. The first-order valence-corrected chi connectivity index (χ1v) is 9.95. The molecule has 1 amide bonds. The number of ether oxygens (including phenoxy) is 1. The predicted octanol–water partition coefficient (Wildman–Crippen LogP) is 3.90. The van der Waals surface area contributed by atoms with Crippen LogP contribution >= 0.6 is 0 Å². The summed E-state index contributed by atoms with van der Waals surface area (Å²) in [6.07, 6.45) is 5.53. The lowest BCUT2D eigenvalue weighted by atomic mass is 9.89. The van der Waals surface area contributed by atoms with Gasteiger partial charge in [-0.3, -0.25) is 4.79 Å². The third kappa shape index (κ3) is 4.51. The average molecular weight is 364 g/mol. The van der Waals surface area contributed by atoms with Crippen molar-refractivity contribution in [2.75, 3.05) is 7.11 Å². The number of carbonyl (C=O) groups excluding carboxylic acids is 1. The van der Waals surface area contributed by atoms with Gasteiger partial charge in [-0.25, -0.2) is 0 Å². The second kappa shape index (κ2) is 8.13. The fraction of sp³-hybridized carbons (Fsp3) is 0.435. The maximum absolute atomic E-state index is 12.3. The lowest BCUT2D eigenvalue weighted by molar-refractivity contribution is -0.122. The minimum atomic E-state index is 0.179. The molecule has 4 rings (SSSR count). The zero-order valence-corrected chi connectivity index (χ0v) is 15.9. The molecule has 142 valence electrons. The number of benzene rings is 2. The number of hydrogen-bond acceptors (Lipinski definition) is 3. The number of hydrogen-bond donors (Lipinski definition) is 2. The third-order valence-electron chi connectivity index (χ3n) is 5.89. The highest BCUT2D eigenvalue weighted by Crippen LogP contribution is 2.32. The molecular weight excluding hydrogens is 336 g/mol. The number of amides is 1. The highest BCUT2D eigenvalue weighted by Gasteiger charge is 2.34. The van der Waals surface area contributed by atoms with Crippen LogP contribution in [0.2, 0.25) is 0 Å². The van der Waals surface area contributed by atoms with Crippen LogP contribution in [-0.4, -0.2) is 25.1 Å². The normalized spacial score (nSPS) is 23.8. The van der Waals surface area contributed by atoms with Gasteiger partial charge in [0.25, 0.3) is 0 Å².